The molecule has 4 nitrogen and oxygen atoms in total. The maximum absolute atomic E-state index is 12.1. The number of hydrogen-bond acceptors (Lipinski definition) is 3. The minimum atomic E-state index is -0.304. The van der Waals surface area contributed by atoms with E-state index in [2.05, 4.69) is 21.2 Å². The van der Waals surface area contributed by atoms with Crippen LogP contribution in [0.3, 0.4) is 0 Å². The summed E-state index contributed by atoms with van der Waals surface area (Å²) in [6.07, 6.45) is 0. The van der Waals surface area contributed by atoms with Crippen LogP contribution in [-0.4, -0.2) is 11.0 Å². The molecule has 0 aromatic heterocycles. The van der Waals surface area contributed by atoms with Gasteiger partial charge in [-0.1, -0.05) is 6.07 Å². The van der Waals surface area contributed by atoms with E-state index in [1.807, 2.05) is 0 Å². The molecule has 0 bridgehead atoms. The van der Waals surface area contributed by atoms with Crippen LogP contribution in [0.4, 0.5) is 11.4 Å². The van der Waals surface area contributed by atoms with Gasteiger partial charge in [0.1, 0.15) is 5.75 Å². The summed E-state index contributed by atoms with van der Waals surface area (Å²) in [5, 5.41) is 12.3. The summed E-state index contributed by atoms with van der Waals surface area (Å²) in [4.78, 5) is 12.1. The zero-order valence-electron chi connectivity index (χ0n) is 10.3. The zero-order chi connectivity index (χ0) is 14.0. The van der Waals surface area contributed by atoms with E-state index < -0.39 is 0 Å². The predicted molar refractivity (Wildman–Crippen MR) is 79.4 cm³/mol. The van der Waals surface area contributed by atoms with E-state index in [0.29, 0.717) is 16.9 Å². The van der Waals surface area contributed by atoms with Crippen LogP contribution in [0.1, 0.15) is 15.9 Å². The number of anilines is 2. The molecule has 0 radical (unpaired) electrons. The highest BCUT2D eigenvalue weighted by Gasteiger charge is 2.10. The van der Waals surface area contributed by atoms with Crippen molar-refractivity contribution in [3.63, 3.8) is 0 Å². The van der Waals surface area contributed by atoms with Gasteiger partial charge in [0.25, 0.3) is 5.91 Å². The van der Waals surface area contributed by atoms with Gasteiger partial charge in [0, 0.05) is 15.7 Å². The molecule has 98 valence electrons. The average molecular weight is 321 g/mol. The molecular weight excluding hydrogens is 308 g/mol. The van der Waals surface area contributed by atoms with Crippen molar-refractivity contribution in [3.8, 4) is 5.75 Å². The Morgan fingerprint density at radius 2 is 2.00 bits per heavy atom. The van der Waals surface area contributed by atoms with E-state index in [1.165, 1.54) is 6.07 Å². The van der Waals surface area contributed by atoms with Gasteiger partial charge in [-0.2, -0.15) is 0 Å². The third-order valence-corrected chi connectivity index (χ3v) is 3.40. The number of rotatable bonds is 2. The number of phenols is 1. The van der Waals surface area contributed by atoms with Crippen molar-refractivity contribution >= 4 is 33.2 Å². The van der Waals surface area contributed by atoms with E-state index in [0.717, 1.165) is 10.0 Å². The topological polar surface area (TPSA) is 75.4 Å². The molecule has 0 saturated carbocycles. The second kappa shape index (κ2) is 5.32. The van der Waals surface area contributed by atoms with Crippen LogP contribution in [0, 0.1) is 6.92 Å². The Morgan fingerprint density at radius 3 is 2.68 bits per heavy atom. The molecule has 0 saturated heterocycles. The first-order valence-electron chi connectivity index (χ1n) is 5.63. The number of carbonyl (C=O) groups is 1. The molecule has 5 heteroatoms. The highest BCUT2D eigenvalue weighted by Crippen LogP contribution is 2.26. The van der Waals surface area contributed by atoms with Crippen LogP contribution in [0.5, 0.6) is 5.75 Å². The quantitative estimate of drug-likeness (QED) is 0.743. The fraction of sp³-hybridized carbons (Fsp3) is 0.0714. The van der Waals surface area contributed by atoms with E-state index in [1.54, 1.807) is 37.3 Å². The molecule has 0 aliphatic carbocycles. The molecule has 0 fully saturated rings. The van der Waals surface area contributed by atoms with Gasteiger partial charge in [0.05, 0.1) is 5.69 Å². The van der Waals surface area contributed by atoms with Crippen molar-refractivity contribution in [1.29, 1.82) is 0 Å². The van der Waals surface area contributed by atoms with Crippen LogP contribution in [0.15, 0.2) is 40.9 Å². The number of nitrogen functional groups attached to an aromatic ring is 1. The molecule has 0 unspecified atom stereocenters. The van der Waals surface area contributed by atoms with Gasteiger partial charge in [0.15, 0.2) is 0 Å². The highest BCUT2D eigenvalue weighted by molar-refractivity contribution is 9.10. The first-order chi connectivity index (χ1) is 8.97. The molecule has 2 aromatic rings. The smallest absolute Gasteiger partial charge is 0.255 e. The number of nitrogens with two attached hydrogens (primary N) is 1. The number of aromatic hydroxyl groups is 1. The summed E-state index contributed by atoms with van der Waals surface area (Å²) < 4.78 is 0.742. The van der Waals surface area contributed by atoms with Gasteiger partial charge < -0.3 is 16.2 Å². The van der Waals surface area contributed by atoms with E-state index in [9.17, 15) is 9.90 Å². The molecule has 2 aromatic carbocycles. The van der Waals surface area contributed by atoms with Crippen molar-refractivity contribution < 1.29 is 9.90 Å². The molecule has 0 spiro atoms. The summed E-state index contributed by atoms with van der Waals surface area (Å²) in [6.45, 7) is 1.77. The van der Waals surface area contributed by atoms with Gasteiger partial charge in [-0.25, -0.2) is 0 Å². The van der Waals surface area contributed by atoms with E-state index >= 15 is 0 Å². The van der Waals surface area contributed by atoms with Crippen molar-refractivity contribution in [2.45, 2.75) is 6.92 Å². The maximum Gasteiger partial charge on any atom is 0.255 e. The number of amides is 1. The van der Waals surface area contributed by atoms with E-state index in [-0.39, 0.29) is 11.7 Å². The summed E-state index contributed by atoms with van der Waals surface area (Å²) in [7, 11) is 0. The second-order valence-electron chi connectivity index (χ2n) is 4.19. The Balaban J connectivity index is 2.25. The standard InChI is InChI=1S/C14H13BrN2O2/c1-8-2-3-9(6-13(8)18)14(19)17-12-7-10(16)4-5-11(12)15/h2-7,18H,16H2,1H3,(H,17,19). The van der Waals surface area contributed by atoms with Crippen LogP contribution in [-0.2, 0) is 0 Å². The van der Waals surface area contributed by atoms with Gasteiger partial charge in [0.2, 0.25) is 0 Å². The lowest BCUT2D eigenvalue weighted by atomic mass is 10.1. The monoisotopic (exact) mass is 320 g/mol. The molecule has 1 amide bonds. The van der Waals surface area contributed by atoms with Crippen LogP contribution in [0.25, 0.3) is 0 Å². The first kappa shape index (κ1) is 13.4. The third kappa shape index (κ3) is 3.06. The minimum absolute atomic E-state index is 0.0966. The molecule has 0 aliphatic heterocycles. The number of carbonyl (C=O) groups excluding carboxylic acids is 1. The molecule has 0 heterocycles. The third-order valence-electron chi connectivity index (χ3n) is 2.71. The number of benzene rings is 2. The Labute approximate surface area is 119 Å². The molecule has 19 heavy (non-hydrogen) atoms. The predicted octanol–water partition coefficient (Wildman–Crippen LogP) is 3.30. The summed E-state index contributed by atoms with van der Waals surface area (Å²) in [5.41, 5.74) is 7.93. The van der Waals surface area contributed by atoms with Crippen molar-refractivity contribution in [2.24, 2.45) is 0 Å². The zero-order valence-corrected chi connectivity index (χ0v) is 11.9. The molecule has 0 atom stereocenters. The van der Waals surface area contributed by atoms with Gasteiger partial charge in [-0.15, -0.1) is 0 Å². The first-order valence-corrected chi connectivity index (χ1v) is 6.42. The van der Waals surface area contributed by atoms with Crippen molar-refractivity contribution in [1.82, 2.24) is 0 Å². The Bertz CT molecular complexity index is 641. The average Bonchev–Trinajstić information content (AvgIpc) is 2.37. The SMILES string of the molecule is Cc1ccc(C(=O)Nc2cc(N)ccc2Br)cc1O. The van der Waals surface area contributed by atoms with Gasteiger partial charge >= 0.3 is 0 Å². The molecular formula is C14H13BrN2O2. The summed E-state index contributed by atoms with van der Waals surface area (Å²) in [5.74, 6) is -0.208. The summed E-state index contributed by atoms with van der Waals surface area (Å²) in [6, 6.07) is 9.94. The second-order valence-corrected chi connectivity index (χ2v) is 5.05. The lowest BCUT2D eigenvalue weighted by Crippen LogP contribution is -2.12. The Hall–Kier alpha value is -2.01. The maximum atomic E-state index is 12.1. The fourth-order valence-electron chi connectivity index (χ4n) is 1.58. The Kier molecular flexibility index (Phi) is 3.76. The lowest BCUT2D eigenvalue weighted by molar-refractivity contribution is 0.102. The normalized spacial score (nSPS) is 10.2. The molecule has 0 aliphatic rings. The molecule has 2 rings (SSSR count). The fourth-order valence-corrected chi connectivity index (χ4v) is 1.93. The lowest BCUT2D eigenvalue weighted by Gasteiger charge is -2.09. The number of halogens is 1. The van der Waals surface area contributed by atoms with Crippen LogP contribution < -0.4 is 11.1 Å². The van der Waals surface area contributed by atoms with Crippen LogP contribution >= 0.6 is 15.9 Å². The van der Waals surface area contributed by atoms with E-state index in [4.69, 9.17) is 5.73 Å². The summed E-state index contributed by atoms with van der Waals surface area (Å²) >= 11 is 3.34. The number of hydrogen-bond donors (Lipinski definition) is 3. The Morgan fingerprint density at radius 1 is 1.26 bits per heavy atom. The largest absolute Gasteiger partial charge is 0.508 e. The van der Waals surface area contributed by atoms with Crippen molar-refractivity contribution in [3.05, 3.63) is 52.0 Å². The molecule has 4 N–H and O–H groups in total. The van der Waals surface area contributed by atoms with Gasteiger partial charge in [-0.3, -0.25) is 4.79 Å². The highest BCUT2D eigenvalue weighted by atomic mass is 79.9. The number of phenolic OH excluding ortho intramolecular Hbond substituents is 1. The van der Waals surface area contributed by atoms with Crippen LogP contribution in [0.2, 0.25) is 0 Å². The number of nitrogens with one attached hydrogen (secondary N) is 1. The van der Waals surface area contributed by atoms with Crippen molar-refractivity contribution in [2.75, 3.05) is 11.1 Å². The number of aryl methyl sites for hydroxylation is 1. The van der Waals surface area contributed by atoms with Gasteiger partial charge in [-0.05, 0) is 58.7 Å². The minimum Gasteiger partial charge on any atom is -0.508 e.